The van der Waals surface area contributed by atoms with Crippen LogP contribution in [0.4, 0.5) is 0 Å². The fourth-order valence-corrected chi connectivity index (χ4v) is 7.02. The molecule has 90 valence electrons. The van der Waals surface area contributed by atoms with Gasteiger partial charge in [0.05, 0.1) is 5.48 Å². The first-order valence-electron chi connectivity index (χ1n) is 5.61. The normalized spacial score (nSPS) is 15.7. The van der Waals surface area contributed by atoms with E-state index in [0.29, 0.717) is 0 Å². The molecule has 0 amide bonds. The number of hydrogen-bond donors (Lipinski definition) is 0. The van der Waals surface area contributed by atoms with Gasteiger partial charge in [-0.2, -0.15) is 0 Å². The van der Waals surface area contributed by atoms with E-state index < -0.39 is 16.1 Å². The van der Waals surface area contributed by atoms with Crippen molar-refractivity contribution in [2.24, 2.45) is 5.41 Å². The van der Waals surface area contributed by atoms with E-state index in [4.69, 9.17) is 4.43 Å². The first-order valence-corrected chi connectivity index (χ1v) is 14.2. The largest absolute Gasteiger partial charge is 0.385 e. The van der Waals surface area contributed by atoms with Gasteiger partial charge in [0.2, 0.25) is 0 Å². The third-order valence-electron chi connectivity index (χ3n) is 1.48. The van der Waals surface area contributed by atoms with E-state index in [1.807, 2.05) is 0 Å². The molecule has 0 radical (unpaired) electrons. The molecule has 0 aromatic carbocycles. The second kappa shape index (κ2) is 4.83. The molecule has 0 aliphatic rings. The summed E-state index contributed by atoms with van der Waals surface area (Å²) in [6.07, 6.45) is 0. The summed E-state index contributed by atoms with van der Waals surface area (Å²) >= 11 is 0. The second-order valence-electron chi connectivity index (χ2n) is 7.05. The molecule has 0 aromatic rings. The molecule has 15 heavy (non-hydrogen) atoms. The fourth-order valence-electron chi connectivity index (χ4n) is 0.938. The van der Waals surface area contributed by atoms with Gasteiger partial charge in [-0.3, -0.25) is 0 Å². The van der Waals surface area contributed by atoms with E-state index in [0.717, 1.165) is 0 Å². The van der Waals surface area contributed by atoms with Gasteiger partial charge in [0.1, 0.15) is 7.74 Å². The Balaban J connectivity index is 5.02. The second-order valence-corrected chi connectivity index (χ2v) is 21.1. The lowest BCUT2D eigenvalue weighted by molar-refractivity contribution is 0.447. The Bertz CT molecular complexity index is 241. The summed E-state index contributed by atoms with van der Waals surface area (Å²) in [5, 5.41) is 0. The zero-order valence-corrected chi connectivity index (χ0v) is 14.7. The highest BCUT2D eigenvalue weighted by Gasteiger charge is 2.27. The maximum atomic E-state index is 6.26. The summed E-state index contributed by atoms with van der Waals surface area (Å²) in [5.74, 6) is 0. The first kappa shape index (κ1) is 15.6. The Hall–Kier alpha value is 0.564. The van der Waals surface area contributed by atoms with E-state index in [1.165, 1.54) is 13.2 Å². The topological polar surface area (TPSA) is 9.23 Å². The third kappa shape index (κ3) is 8.38. The van der Waals surface area contributed by atoms with E-state index in [9.17, 15) is 0 Å². The maximum Gasteiger partial charge on any atom is 0.191 e. The molecule has 0 aromatic heterocycles. The molecule has 1 nitrogen and oxygen atoms in total. The summed E-state index contributed by atoms with van der Waals surface area (Å²) in [4.78, 5) is 0. The van der Waals surface area contributed by atoms with Crippen LogP contribution in [-0.4, -0.2) is 21.5 Å². The van der Waals surface area contributed by atoms with Crippen LogP contribution in [0.15, 0.2) is 0 Å². The monoisotopic (exact) mass is 262 g/mol. The van der Waals surface area contributed by atoms with Crippen LogP contribution >= 0.6 is 7.75 Å². The molecule has 0 heterocycles. The zero-order chi connectivity index (χ0) is 12.5. The molecule has 0 atom stereocenters. The predicted octanol–water partition coefficient (Wildman–Crippen LogP) is 4.80. The van der Waals surface area contributed by atoms with Gasteiger partial charge >= 0.3 is 0 Å². The molecule has 0 unspecified atom stereocenters. The van der Waals surface area contributed by atoms with Crippen molar-refractivity contribution in [2.45, 2.75) is 60.1 Å². The van der Waals surface area contributed by atoms with E-state index >= 15 is 0 Å². The SMILES string of the molecule is CC(C)(C)C(O[Si](C)(C)C)=P[Si](C)(C)C. The maximum absolute atomic E-state index is 6.26. The summed E-state index contributed by atoms with van der Waals surface area (Å²) < 4.78 is 6.26. The Morgan fingerprint density at radius 3 is 1.53 bits per heavy atom. The smallest absolute Gasteiger partial charge is 0.191 e. The highest BCUT2D eigenvalue weighted by molar-refractivity contribution is 7.81. The molecule has 0 rings (SSSR count). The standard InChI is InChI=1S/C11H27OPSi2/c1-11(2,3)10(12-14(4,5)6)13-15(7,8)9/h1-9H3. The first-order chi connectivity index (χ1) is 6.31. The molecule has 0 N–H and O–H groups in total. The van der Waals surface area contributed by atoms with Gasteiger partial charge in [-0.15, -0.1) is 0 Å². The van der Waals surface area contributed by atoms with Crippen LogP contribution in [0.5, 0.6) is 0 Å². The van der Waals surface area contributed by atoms with Crippen LogP contribution in [0, 0.1) is 5.41 Å². The molecule has 0 saturated heterocycles. The van der Waals surface area contributed by atoms with Crippen molar-refractivity contribution in [3.05, 3.63) is 0 Å². The predicted molar refractivity (Wildman–Crippen MR) is 79.2 cm³/mol. The van der Waals surface area contributed by atoms with Gasteiger partial charge in [0.25, 0.3) is 0 Å². The quantitative estimate of drug-likeness (QED) is 0.524. The summed E-state index contributed by atoms with van der Waals surface area (Å²) in [6, 6.07) is 0. The lowest BCUT2D eigenvalue weighted by atomic mass is 9.99. The molecule has 0 fully saturated rings. The average molecular weight is 262 g/mol. The lowest BCUT2D eigenvalue weighted by Crippen LogP contribution is -2.35. The van der Waals surface area contributed by atoms with Crippen molar-refractivity contribution in [1.82, 2.24) is 0 Å². The van der Waals surface area contributed by atoms with Gasteiger partial charge in [-0.05, 0) is 19.6 Å². The lowest BCUT2D eigenvalue weighted by Gasteiger charge is -2.30. The van der Waals surface area contributed by atoms with Crippen LogP contribution in [0.2, 0.25) is 39.3 Å². The summed E-state index contributed by atoms with van der Waals surface area (Å²) in [5.41, 5.74) is 1.49. The van der Waals surface area contributed by atoms with Crippen LogP contribution < -0.4 is 0 Å². The zero-order valence-electron chi connectivity index (χ0n) is 11.9. The third-order valence-corrected chi connectivity index (χ3v) is 6.73. The van der Waals surface area contributed by atoms with Crippen molar-refractivity contribution in [3.8, 4) is 0 Å². The van der Waals surface area contributed by atoms with Crippen molar-refractivity contribution >= 4 is 29.3 Å². The molecule has 0 aliphatic carbocycles. The Morgan fingerprint density at radius 1 is 0.933 bits per heavy atom. The van der Waals surface area contributed by atoms with Crippen molar-refractivity contribution in [3.63, 3.8) is 0 Å². The average Bonchev–Trinajstić information content (AvgIpc) is 1.75. The van der Waals surface area contributed by atoms with Crippen LogP contribution in [0.3, 0.4) is 0 Å². The highest BCUT2D eigenvalue weighted by Crippen LogP contribution is 2.30. The van der Waals surface area contributed by atoms with Crippen molar-refractivity contribution in [2.75, 3.05) is 0 Å². The van der Waals surface area contributed by atoms with Gasteiger partial charge in [-0.25, -0.2) is 0 Å². The molecule has 4 heteroatoms. The minimum Gasteiger partial charge on any atom is -0.385 e. The number of hydrogen-bond acceptors (Lipinski definition) is 1. The Morgan fingerprint density at radius 2 is 1.33 bits per heavy atom. The van der Waals surface area contributed by atoms with Crippen LogP contribution in [0.25, 0.3) is 0 Å². The van der Waals surface area contributed by atoms with Crippen LogP contribution in [0.1, 0.15) is 20.8 Å². The Labute approximate surface area is 99.4 Å². The van der Waals surface area contributed by atoms with Crippen LogP contribution in [-0.2, 0) is 4.43 Å². The molecular weight excluding hydrogens is 235 g/mol. The van der Waals surface area contributed by atoms with E-state index in [1.54, 1.807) is 0 Å². The van der Waals surface area contributed by atoms with Gasteiger partial charge in [0, 0.05) is 5.41 Å². The van der Waals surface area contributed by atoms with Gasteiger partial charge in [0.15, 0.2) is 8.32 Å². The number of rotatable bonds is 3. The van der Waals surface area contributed by atoms with Crippen molar-refractivity contribution in [1.29, 1.82) is 0 Å². The summed E-state index contributed by atoms with van der Waals surface area (Å²) in [7, 11) is -1.08. The van der Waals surface area contributed by atoms with E-state index in [-0.39, 0.29) is 5.41 Å². The highest BCUT2D eigenvalue weighted by atomic mass is 31.3. The minimum absolute atomic E-state index is 0.183. The van der Waals surface area contributed by atoms with Crippen molar-refractivity contribution < 1.29 is 4.43 Å². The van der Waals surface area contributed by atoms with Gasteiger partial charge < -0.3 is 4.43 Å². The molecule has 0 spiro atoms. The minimum atomic E-state index is -1.45. The van der Waals surface area contributed by atoms with E-state index in [2.05, 4.69) is 60.1 Å². The fraction of sp³-hybridized carbons (Fsp3) is 0.909. The molecular formula is C11H27OPSi2. The molecule has 0 bridgehead atoms. The summed E-state index contributed by atoms with van der Waals surface area (Å²) in [6.45, 7) is 20.8. The Kier molecular flexibility index (Phi) is 5.01. The molecule has 0 saturated carbocycles. The molecule has 0 aliphatic heterocycles. The van der Waals surface area contributed by atoms with Gasteiger partial charge in [-0.1, -0.05) is 48.2 Å².